The monoisotopic (exact) mass is 366 g/mol. The average Bonchev–Trinajstić information content (AvgIpc) is 3.37. The summed E-state index contributed by atoms with van der Waals surface area (Å²) in [6, 6.07) is 4.06. The van der Waals surface area contributed by atoms with E-state index >= 15 is 0 Å². The fourth-order valence-electron chi connectivity index (χ4n) is 3.05. The predicted octanol–water partition coefficient (Wildman–Crippen LogP) is 1.98. The van der Waals surface area contributed by atoms with Crippen LogP contribution in [0.5, 0.6) is 0 Å². The van der Waals surface area contributed by atoms with Gasteiger partial charge in [-0.05, 0) is 25.0 Å². The molecule has 0 amide bonds. The van der Waals surface area contributed by atoms with Crippen molar-refractivity contribution in [2.75, 3.05) is 24.6 Å². The van der Waals surface area contributed by atoms with E-state index < -0.39 is 0 Å². The topological polar surface area (TPSA) is 80.0 Å². The van der Waals surface area contributed by atoms with Crippen molar-refractivity contribution in [1.29, 1.82) is 0 Å². The van der Waals surface area contributed by atoms with Gasteiger partial charge in [-0.25, -0.2) is 14.6 Å². The Balaban J connectivity index is 1.49. The molecule has 0 unspecified atom stereocenters. The lowest BCUT2D eigenvalue weighted by Crippen LogP contribution is -2.37. The summed E-state index contributed by atoms with van der Waals surface area (Å²) in [5, 5.41) is 19.4. The van der Waals surface area contributed by atoms with Gasteiger partial charge in [-0.2, -0.15) is 0 Å². The van der Waals surface area contributed by atoms with E-state index in [1.54, 1.807) is 23.7 Å². The molecule has 0 saturated carbocycles. The molecule has 132 valence electrons. The Morgan fingerprint density at radius 1 is 1.31 bits per heavy atom. The van der Waals surface area contributed by atoms with Crippen LogP contribution in [0, 0.1) is 11.8 Å². The number of nitrogens with zero attached hydrogens (tertiary/aromatic N) is 6. The number of piperidine rings is 1. The van der Waals surface area contributed by atoms with E-state index in [0.717, 1.165) is 48.0 Å². The first-order valence-corrected chi connectivity index (χ1v) is 9.34. The number of aliphatic hydroxyl groups excluding tert-OH is 1. The van der Waals surface area contributed by atoms with Crippen molar-refractivity contribution in [3.05, 3.63) is 41.7 Å². The van der Waals surface area contributed by atoms with E-state index in [9.17, 15) is 0 Å². The van der Waals surface area contributed by atoms with Crippen molar-refractivity contribution < 1.29 is 5.11 Å². The van der Waals surface area contributed by atoms with Crippen LogP contribution in [0.25, 0.3) is 10.6 Å². The van der Waals surface area contributed by atoms with E-state index in [0.29, 0.717) is 0 Å². The molecule has 8 heteroatoms. The van der Waals surface area contributed by atoms with Gasteiger partial charge >= 0.3 is 0 Å². The number of thiophene rings is 1. The zero-order valence-electron chi connectivity index (χ0n) is 14.1. The molecule has 7 nitrogen and oxygen atoms in total. The molecule has 0 bridgehead atoms. The Bertz CT molecular complexity index is 926. The van der Waals surface area contributed by atoms with Gasteiger partial charge < -0.3 is 10.0 Å². The summed E-state index contributed by atoms with van der Waals surface area (Å²) in [4.78, 5) is 11.9. The Labute approximate surface area is 155 Å². The molecule has 3 aromatic heterocycles. The summed E-state index contributed by atoms with van der Waals surface area (Å²) in [6.07, 6.45) is 7.66. The van der Waals surface area contributed by atoms with Crippen LogP contribution in [0.1, 0.15) is 24.4 Å². The number of hydrogen-bond acceptors (Lipinski definition) is 7. The highest BCUT2D eigenvalue weighted by Gasteiger charge is 2.24. The first-order chi connectivity index (χ1) is 12.8. The first kappa shape index (κ1) is 16.7. The number of hydrogen-bond donors (Lipinski definition) is 1. The lowest BCUT2D eigenvalue weighted by molar-refractivity contribution is 0.350. The van der Waals surface area contributed by atoms with Crippen LogP contribution in [0.4, 0.5) is 5.95 Å². The summed E-state index contributed by atoms with van der Waals surface area (Å²) < 4.78 is 1.95. The normalized spacial score (nSPS) is 17.0. The minimum Gasteiger partial charge on any atom is -0.384 e. The second kappa shape index (κ2) is 7.64. The Morgan fingerprint density at radius 3 is 3.04 bits per heavy atom. The Kier molecular flexibility index (Phi) is 4.91. The molecule has 0 radical (unpaired) electrons. The standard InChI is InChI=1S/C18H18N6OS/c25-9-2-4-14-10-17(26-13-14)16-12-24(22-21-16)15-5-1-8-23(11-15)18-19-6-3-7-20-18/h3,6-7,10,12-13,15,25H,1,5,8-9,11H2/t15-/m0/s1. The van der Waals surface area contributed by atoms with Crippen LogP contribution in [-0.4, -0.2) is 49.8 Å². The average molecular weight is 366 g/mol. The van der Waals surface area contributed by atoms with Gasteiger partial charge in [0, 0.05) is 36.4 Å². The number of rotatable bonds is 3. The molecule has 1 atom stereocenters. The Hall–Kier alpha value is -2.76. The van der Waals surface area contributed by atoms with E-state index in [1.165, 1.54) is 0 Å². The molecule has 0 spiro atoms. The highest BCUT2D eigenvalue weighted by molar-refractivity contribution is 7.13. The molecule has 1 saturated heterocycles. The predicted molar refractivity (Wildman–Crippen MR) is 99.8 cm³/mol. The third kappa shape index (κ3) is 3.59. The first-order valence-electron chi connectivity index (χ1n) is 8.46. The lowest BCUT2D eigenvalue weighted by atomic mass is 10.1. The molecule has 1 N–H and O–H groups in total. The summed E-state index contributed by atoms with van der Waals surface area (Å²) in [6.45, 7) is 1.65. The summed E-state index contributed by atoms with van der Waals surface area (Å²) in [7, 11) is 0. The van der Waals surface area contributed by atoms with Gasteiger partial charge in [-0.15, -0.1) is 16.4 Å². The highest BCUT2D eigenvalue weighted by atomic mass is 32.1. The maximum Gasteiger partial charge on any atom is 0.225 e. The maximum absolute atomic E-state index is 8.79. The molecule has 0 aliphatic carbocycles. The van der Waals surface area contributed by atoms with Gasteiger partial charge in [0.1, 0.15) is 12.3 Å². The summed E-state index contributed by atoms with van der Waals surface area (Å²) in [5.41, 5.74) is 1.74. The minimum atomic E-state index is -0.134. The van der Waals surface area contributed by atoms with E-state index in [-0.39, 0.29) is 12.6 Å². The second-order valence-electron chi connectivity index (χ2n) is 6.03. The van der Waals surface area contributed by atoms with Crippen LogP contribution in [0.2, 0.25) is 0 Å². The third-order valence-corrected chi connectivity index (χ3v) is 5.23. The van der Waals surface area contributed by atoms with Crippen LogP contribution in [0.15, 0.2) is 36.1 Å². The number of aromatic nitrogens is 5. The van der Waals surface area contributed by atoms with Crippen LogP contribution in [0.3, 0.4) is 0 Å². The van der Waals surface area contributed by atoms with Crippen LogP contribution in [-0.2, 0) is 0 Å². The maximum atomic E-state index is 8.79. The quantitative estimate of drug-likeness (QED) is 0.714. The molecule has 1 fully saturated rings. The fourth-order valence-corrected chi connectivity index (χ4v) is 3.84. The van der Waals surface area contributed by atoms with Gasteiger partial charge in [-0.3, -0.25) is 0 Å². The van der Waals surface area contributed by atoms with Crippen molar-refractivity contribution in [3.63, 3.8) is 0 Å². The van der Waals surface area contributed by atoms with Gasteiger partial charge in [0.25, 0.3) is 0 Å². The molecule has 0 aromatic carbocycles. The largest absolute Gasteiger partial charge is 0.384 e. The van der Waals surface area contributed by atoms with Crippen molar-refractivity contribution in [2.45, 2.75) is 18.9 Å². The molecule has 1 aliphatic heterocycles. The van der Waals surface area contributed by atoms with E-state index in [1.807, 2.05) is 28.4 Å². The molecular weight excluding hydrogens is 348 g/mol. The summed E-state index contributed by atoms with van der Waals surface area (Å²) >= 11 is 1.58. The number of aliphatic hydroxyl groups is 1. The molecular formula is C18H18N6OS. The van der Waals surface area contributed by atoms with Crippen molar-refractivity contribution in [3.8, 4) is 22.4 Å². The van der Waals surface area contributed by atoms with E-state index in [2.05, 4.69) is 37.0 Å². The van der Waals surface area contributed by atoms with Crippen molar-refractivity contribution >= 4 is 17.3 Å². The lowest BCUT2D eigenvalue weighted by Gasteiger charge is -2.32. The smallest absolute Gasteiger partial charge is 0.225 e. The summed E-state index contributed by atoms with van der Waals surface area (Å²) in [5.74, 6) is 6.34. The molecule has 3 aromatic rings. The molecule has 26 heavy (non-hydrogen) atoms. The third-order valence-electron chi connectivity index (χ3n) is 4.28. The second-order valence-corrected chi connectivity index (χ2v) is 6.95. The molecule has 4 rings (SSSR count). The van der Waals surface area contributed by atoms with Gasteiger partial charge in [0.2, 0.25) is 5.95 Å². The van der Waals surface area contributed by atoms with Crippen LogP contribution < -0.4 is 4.90 Å². The molecule has 1 aliphatic rings. The highest BCUT2D eigenvalue weighted by Crippen LogP contribution is 2.28. The van der Waals surface area contributed by atoms with Crippen molar-refractivity contribution in [1.82, 2.24) is 25.0 Å². The minimum absolute atomic E-state index is 0.134. The zero-order chi connectivity index (χ0) is 17.8. The zero-order valence-corrected chi connectivity index (χ0v) is 14.9. The van der Waals surface area contributed by atoms with Crippen molar-refractivity contribution in [2.24, 2.45) is 0 Å². The van der Waals surface area contributed by atoms with Gasteiger partial charge in [0.15, 0.2) is 0 Å². The Morgan fingerprint density at radius 2 is 2.19 bits per heavy atom. The molecule has 4 heterocycles. The number of anilines is 1. The van der Waals surface area contributed by atoms with Gasteiger partial charge in [-0.1, -0.05) is 17.1 Å². The SMILES string of the molecule is OCC#Cc1csc(-c2cn([C@H]3CCCN(c4ncccn4)C3)nn2)c1. The van der Waals surface area contributed by atoms with Crippen LogP contribution >= 0.6 is 11.3 Å². The fraction of sp³-hybridized carbons (Fsp3) is 0.333. The van der Waals surface area contributed by atoms with Gasteiger partial charge in [0.05, 0.1) is 17.1 Å². The van der Waals surface area contributed by atoms with E-state index in [4.69, 9.17) is 5.11 Å².